The first-order valence-corrected chi connectivity index (χ1v) is 10.2. The van der Waals surface area contributed by atoms with E-state index in [0.29, 0.717) is 7.92 Å². The molecule has 126 valence electrons. The standard InChI is InChI=1S/C15H29P.BF4/c1-2-13-16(14-9-5-3-6-10-14)15-11-7-4-8-12-15;2-1(3,4)5/h14-15H,2-13H2,1H3;/q;-1. The summed E-state index contributed by atoms with van der Waals surface area (Å²) in [6.45, 7) is 2.40. The molecule has 2 aliphatic carbocycles. The van der Waals surface area contributed by atoms with Crippen LogP contribution < -0.4 is 0 Å². The second-order valence-electron chi connectivity index (χ2n) is 6.32. The molecule has 0 spiro atoms. The van der Waals surface area contributed by atoms with Gasteiger partial charge in [0.15, 0.2) is 0 Å². The average molecular weight is 327 g/mol. The molecule has 0 aromatic heterocycles. The SMILES string of the molecule is CCCP(C1CCCCC1)C1CCCCC1.F[B-](F)(F)F. The Hall–Kier alpha value is 0.215. The minimum absolute atomic E-state index is 0.403. The molecule has 2 rings (SSSR count). The minimum Gasteiger partial charge on any atom is -0.418 e. The van der Waals surface area contributed by atoms with Crippen molar-refractivity contribution < 1.29 is 17.3 Å². The van der Waals surface area contributed by atoms with Gasteiger partial charge in [-0.1, -0.05) is 51.9 Å². The van der Waals surface area contributed by atoms with Gasteiger partial charge in [0.1, 0.15) is 0 Å². The maximum atomic E-state index is 9.75. The van der Waals surface area contributed by atoms with Crippen LogP contribution in [0.4, 0.5) is 17.3 Å². The van der Waals surface area contributed by atoms with Crippen molar-refractivity contribution in [3.63, 3.8) is 0 Å². The molecule has 2 fully saturated rings. The fraction of sp³-hybridized carbons (Fsp3) is 1.00. The lowest BCUT2D eigenvalue weighted by Gasteiger charge is -2.38. The molecule has 0 radical (unpaired) electrons. The summed E-state index contributed by atoms with van der Waals surface area (Å²) in [4.78, 5) is 0. The van der Waals surface area contributed by atoms with Gasteiger partial charge in [-0.15, -0.1) is 7.92 Å². The average Bonchev–Trinajstić information content (AvgIpc) is 2.45. The molecule has 0 atom stereocenters. The number of halogens is 4. The topological polar surface area (TPSA) is 0 Å². The summed E-state index contributed by atoms with van der Waals surface area (Å²) >= 11 is 0. The fourth-order valence-electron chi connectivity index (χ4n) is 3.75. The lowest BCUT2D eigenvalue weighted by atomic mass is 9.99. The van der Waals surface area contributed by atoms with Crippen LogP contribution in [-0.2, 0) is 0 Å². The van der Waals surface area contributed by atoms with Crippen molar-refractivity contribution in [2.24, 2.45) is 0 Å². The Morgan fingerprint density at radius 3 is 1.38 bits per heavy atom. The van der Waals surface area contributed by atoms with Crippen LogP contribution in [0.1, 0.15) is 77.6 Å². The Labute approximate surface area is 128 Å². The molecular formula is C15H29BF4P-. The van der Waals surface area contributed by atoms with E-state index in [9.17, 15) is 17.3 Å². The first-order chi connectivity index (χ1) is 9.92. The van der Waals surface area contributed by atoms with Crippen molar-refractivity contribution in [1.29, 1.82) is 0 Å². The molecule has 0 nitrogen and oxygen atoms in total. The lowest BCUT2D eigenvalue weighted by Crippen LogP contribution is -2.21. The van der Waals surface area contributed by atoms with Crippen molar-refractivity contribution >= 4 is 15.2 Å². The van der Waals surface area contributed by atoms with Crippen LogP contribution in [0.5, 0.6) is 0 Å². The highest BCUT2D eigenvalue weighted by Crippen LogP contribution is 2.55. The van der Waals surface area contributed by atoms with E-state index in [-0.39, 0.29) is 0 Å². The normalized spacial score (nSPS) is 22.0. The Kier molecular flexibility index (Phi) is 9.24. The summed E-state index contributed by atoms with van der Waals surface area (Å²) < 4.78 is 39.0. The van der Waals surface area contributed by atoms with Gasteiger partial charge in [-0.2, -0.15) is 0 Å². The Bertz CT molecular complexity index is 237. The van der Waals surface area contributed by atoms with Gasteiger partial charge in [0.2, 0.25) is 0 Å². The van der Waals surface area contributed by atoms with Crippen LogP contribution in [0.25, 0.3) is 0 Å². The molecule has 21 heavy (non-hydrogen) atoms. The molecule has 0 bridgehead atoms. The van der Waals surface area contributed by atoms with Gasteiger partial charge >= 0.3 is 7.25 Å². The van der Waals surface area contributed by atoms with Gasteiger partial charge in [0.25, 0.3) is 0 Å². The molecule has 2 aliphatic rings. The van der Waals surface area contributed by atoms with Crippen LogP contribution in [0.3, 0.4) is 0 Å². The molecule has 6 heteroatoms. The highest BCUT2D eigenvalue weighted by atomic mass is 31.1. The lowest BCUT2D eigenvalue weighted by molar-refractivity contribution is 0.368. The van der Waals surface area contributed by atoms with E-state index >= 15 is 0 Å². The van der Waals surface area contributed by atoms with Crippen molar-refractivity contribution in [3.05, 3.63) is 0 Å². The van der Waals surface area contributed by atoms with Gasteiger partial charge in [0, 0.05) is 0 Å². The highest BCUT2D eigenvalue weighted by molar-refractivity contribution is 7.59. The van der Waals surface area contributed by atoms with Gasteiger partial charge < -0.3 is 17.3 Å². The summed E-state index contributed by atoms with van der Waals surface area (Å²) in [7, 11) is -5.60. The van der Waals surface area contributed by atoms with Crippen molar-refractivity contribution in [1.82, 2.24) is 0 Å². The van der Waals surface area contributed by atoms with Crippen LogP contribution in [0.2, 0.25) is 0 Å². The van der Waals surface area contributed by atoms with Crippen LogP contribution >= 0.6 is 7.92 Å². The van der Waals surface area contributed by atoms with E-state index in [1.807, 2.05) is 0 Å². The van der Waals surface area contributed by atoms with Gasteiger partial charge in [-0.05, 0) is 43.2 Å². The summed E-state index contributed by atoms with van der Waals surface area (Å²) in [5, 5.41) is 0. The molecule has 0 amide bonds. The molecule has 0 saturated heterocycles. The molecule has 0 heterocycles. The number of rotatable bonds is 4. The Morgan fingerprint density at radius 1 is 0.762 bits per heavy atom. The maximum Gasteiger partial charge on any atom is 0.673 e. The molecule has 0 aliphatic heterocycles. The second kappa shape index (κ2) is 10.1. The zero-order valence-electron chi connectivity index (χ0n) is 13.2. The van der Waals surface area contributed by atoms with Crippen LogP contribution in [0.15, 0.2) is 0 Å². The first kappa shape index (κ1) is 19.3. The third kappa shape index (κ3) is 9.06. The fourth-order valence-corrected chi connectivity index (χ4v) is 7.65. The molecule has 0 unspecified atom stereocenters. The molecular weight excluding hydrogens is 298 g/mol. The Balaban J connectivity index is 0.000000383. The van der Waals surface area contributed by atoms with Gasteiger partial charge in [-0.25, -0.2) is 0 Å². The quantitative estimate of drug-likeness (QED) is 0.301. The maximum absolute atomic E-state index is 9.75. The third-order valence-electron chi connectivity index (χ3n) is 4.57. The van der Waals surface area contributed by atoms with Crippen molar-refractivity contribution in [2.45, 2.75) is 88.9 Å². The smallest absolute Gasteiger partial charge is 0.418 e. The molecule has 0 N–H and O–H groups in total. The van der Waals surface area contributed by atoms with Gasteiger partial charge in [-0.3, -0.25) is 0 Å². The second-order valence-corrected chi connectivity index (χ2v) is 9.25. The summed E-state index contributed by atoms with van der Waals surface area (Å²) in [5.74, 6) is 0. The number of hydrogen-bond donors (Lipinski definition) is 0. The summed E-state index contributed by atoms with van der Waals surface area (Å²) in [6, 6.07) is 0. The van der Waals surface area contributed by atoms with Crippen LogP contribution in [-0.4, -0.2) is 24.7 Å². The highest BCUT2D eigenvalue weighted by Gasteiger charge is 2.29. The van der Waals surface area contributed by atoms with E-state index in [2.05, 4.69) is 6.92 Å². The zero-order chi connectivity index (χ0) is 15.7. The summed E-state index contributed by atoms with van der Waals surface area (Å²) in [5.41, 5.74) is 2.35. The largest absolute Gasteiger partial charge is 0.673 e. The first-order valence-electron chi connectivity index (χ1n) is 8.55. The van der Waals surface area contributed by atoms with Crippen molar-refractivity contribution in [2.75, 3.05) is 6.16 Å². The van der Waals surface area contributed by atoms with Crippen molar-refractivity contribution in [3.8, 4) is 0 Å². The predicted molar refractivity (Wildman–Crippen MR) is 86.0 cm³/mol. The van der Waals surface area contributed by atoms with E-state index in [0.717, 1.165) is 0 Å². The van der Waals surface area contributed by atoms with E-state index < -0.39 is 7.25 Å². The van der Waals surface area contributed by atoms with E-state index in [1.54, 1.807) is 57.5 Å². The Morgan fingerprint density at radius 2 is 1.10 bits per heavy atom. The van der Waals surface area contributed by atoms with Crippen LogP contribution in [0, 0.1) is 0 Å². The van der Waals surface area contributed by atoms with E-state index in [4.69, 9.17) is 0 Å². The monoisotopic (exact) mass is 327 g/mol. The predicted octanol–water partition coefficient (Wildman–Crippen LogP) is 6.84. The van der Waals surface area contributed by atoms with E-state index in [1.165, 1.54) is 30.6 Å². The van der Waals surface area contributed by atoms with Gasteiger partial charge in [0.05, 0.1) is 0 Å². The third-order valence-corrected chi connectivity index (χ3v) is 8.44. The molecule has 0 aromatic rings. The molecule has 0 aromatic carbocycles. The number of hydrogen-bond acceptors (Lipinski definition) is 0. The minimum atomic E-state index is -6.00. The molecule has 2 saturated carbocycles. The zero-order valence-corrected chi connectivity index (χ0v) is 14.1. The summed E-state index contributed by atoms with van der Waals surface area (Å²) in [6.07, 6.45) is 18.6.